The Labute approximate surface area is 115 Å². The molecule has 2 aromatic heterocycles. The van der Waals surface area contributed by atoms with Crippen molar-refractivity contribution in [3.05, 3.63) is 47.2 Å². The molecule has 0 atom stereocenters. The van der Waals surface area contributed by atoms with Gasteiger partial charge in [-0.25, -0.2) is 4.98 Å². The molecule has 96 valence electrons. The summed E-state index contributed by atoms with van der Waals surface area (Å²) in [7, 11) is 0. The Balaban J connectivity index is 1.79. The first-order valence-corrected chi connectivity index (χ1v) is 7.02. The zero-order chi connectivity index (χ0) is 13.1. The molecular formula is C14H14N4S. The number of nitrogens with two attached hydrogens (primary N) is 1. The third kappa shape index (κ3) is 2.51. The van der Waals surface area contributed by atoms with Crippen molar-refractivity contribution in [2.45, 2.75) is 6.42 Å². The molecule has 2 heterocycles. The SMILES string of the molecule is Nc1ccc(NCCc2cscn2)c2cnccc12. The molecule has 0 radical (unpaired) electrons. The van der Waals surface area contributed by atoms with E-state index in [1.54, 1.807) is 17.5 Å². The van der Waals surface area contributed by atoms with Crippen LogP contribution in [0.4, 0.5) is 11.4 Å². The summed E-state index contributed by atoms with van der Waals surface area (Å²) >= 11 is 1.62. The van der Waals surface area contributed by atoms with E-state index >= 15 is 0 Å². The molecule has 3 N–H and O–H groups in total. The van der Waals surface area contributed by atoms with Crippen molar-refractivity contribution in [3.8, 4) is 0 Å². The maximum Gasteiger partial charge on any atom is 0.0794 e. The van der Waals surface area contributed by atoms with Crippen molar-refractivity contribution < 1.29 is 0 Å². The monoisotopic (exact) mass is 270 g/mol. The molecule has 3 aromatic rings. The first-order valence-electron chi connectivity index (χ1n) is 6.08. The first kappa shape index (κ1) is 11.9. The summed E-state index contributed by atoms with van der Waals surface area (Å²) in [5, 5.41) is 7.59. The minimum Gasteiger partial charge on any atom is -0.398 e. The molecule has 19 heavy (non-hydrogen) atoms. The largest absolute Gasteiger partial charge is 0.398 e. The lowest BCUT2D eigenvalue weighted by Gasteiger charge is -2.10. The van der Waals surface area contributed by atoms with Gasteiger partial charge in [0.15, 0.2) is 0 Å². The molecule has 5 heteroatoms. The summed E-state index contributed by atoms with van der Waals surface area (Å²) in [6.07, 6.45) is 4.52. The number of fused-ring (bicyclic) bond motifs is 1. The Kier molecular flexibility index (Phi) is 3.29. The summed E-state index contributed by atoms with van der Waals surface area (Å²) in [6.45, 7) is 0.845. The van der Waals surface area contributed by atoms with Gasteiger partial charge in [-0.2, -0.15) is 0 Å². The van der Waals surface area contributed by atoms with Gasteiger partial charge in [0.2, 0.25) is 0 Å². The van der Waals surface area contributed by atoms with E-state index in [0.717, 1.165) is 40.8 Å². The van der Waals surface area contributed by atoms with Gasteiger partial charge in [-0.3, -0.25) is 4.98 Å². The molecule has 1 aromatic carbocycles. The van der Waals surface area contributed by atoms with E-state index < -0.39 is 0 Å². The Bertz CT molecular complexity index is 679. The number of nitrogens with zero attached hydrogens (tertiary/aromatic N) is 2. The van der Waals surface area contributed by atoms with Crippen LogP contribution in [0.15, 0.2) is 41.5 Å². The van der Waals surface area contributed by atoms with Gasteiger partial charge in [-0.1, -0.05) is 0 Å². The molecule has 0 bridgehead atoms. The zero-order valence-corrected chi connectivity index (χ0v) is 11.2. The summed E-state index contributed by atoms with van der Waals surface area (Å²) < 4.78 is 0. The Hall–Kier alpha value is -2.14. The first-order chi connectivity index (χ1) is 9.34. The standard InChI is InChI=1S/C14H14N4S/c15-13-1-2-14(12-7-16-5-4-11(12)13)17-6-3-10-8-19-9-18-10/h1-2,4-5,7-9,17H,3,6,15H2. The highest BCUT2D eigenvalue weighted by molar-refractivity contribution is 7.07. The molecule has 0 spiro atoms. The molecular weight excluding hydrogens is 256 g/mol. The van der Waals surface area contributed by atoms with Crippen LogP contribution in [0.3, 0.4) is 0 Å². The summed E-state index contributed by atoms with van der Waals surface area (Å²) in [4.78, 5) is 8.44. The zero-order valence-electron chi connectivity index (χ0n) is 10.3. The van der Waals surface area contributed by atoms with E-state index in [9.17, 15) is 0 Å². The normalized spacial score (nSPS) is 10.7. The van der Waals surface area contributed by atoms with E-state index in [4.69, 9.17) is 5.73 Å². The summed E-state index contributed by atoms with van der Waals surface area (Å²) in [5.74, 6) is 0. The maximum atomic E-state index is 5.97. The lowest BCUT2D eigenvalue weighted by molar-refractivity contribution is 0.979. The Morgan fingerprint density at radius 1 is 1.21 bits per heavy atom. The van der Waals surface area contributed by atoms with Gasteiger partial charge < -0.3 is 11.1 Å². The molecule has 0 fully saturated rings. The van der Waals surface area contributed by atoms with Crippen LogP contribution in [0.1, 0.15) is 5.69 Å². The topological polar surface area (TPSA) is 63.8 Å². The van der Waals surface area contributed by atoms with Gasteiger partial charge >= 0.3 is 0 Å². The molecule has 0 aliphatic carbocycles. The van der Waals surface area contributed by atoms with Crippen LogP contribution >= 0.6 is 11.3 Å². The van der Waals surface area contributed by atoms with Crippen LogP contribution in [0.2, 0.25) is 0 Å². The lowest BCUT2D eigenvalue weighted by Crippen LogP contribution is -2.05. The molecule has 0 saturated heterocycles. The van der Waals surface area contributed by atoms with E-state index in [2.05, 4.69) is 20.7 Å². The van der Waals surface area contributed by atoms with E-state index in [1.165, 1.54) is 0 Å². The minimum absolute atomic E-state index is 0.780. The number of benzene rings is 1. The lowest BCUT2D eigenvalue weighted by atomic mass is 10.1. The predicted octanol–water partition coefficient (Wildman–Crippen LogP) is 2.93. The second kappa shape index (κ2) is 5.24. The van der Waals surface area contributed by atoms with Gasteiger partial charge in [0.1, 0.15) is 0 Å². The Morgan fingerprint density at radius 3 is 3.00 bits per heavy atom. The van der Waals surface area contributed by atoms with Crippen LogP contribution in [0.25, 0.3) is 10.8 Å². The smallest absolute Gasteiger partial charge is 0.0794 e. The number of nitrogen functional groups attached to an aromatic ring is 1. The van der Waals surface area contributed by atoms with Crippen LogP contribution in [0, 0.1) is 0 Å². The van der Waals surface area contributed by atoms with Gasteiger partial charge in [-0.05, 0) is 18.2 Å². The number of anilines is 2. The molecule has 0 aliphatic heterocycles. The number of pyridine rings is 1. The van der Waals surface area contributed by atoms with Crippen molar-refractivity contribution in [1.29, 1.82) is 0 Å². The highest BCUT2D eigenvalue weighted by Crippen LogP contribution is 2.27. The number of aromatic nitrogens is 2. The van der Waals surface area contributed by atoms with Gasteiger partial charge in [0.05, 0.1) is 11.2 Å². The summed E-state index contributed by atoms with van der Waals surface area (Å²) in [6, 6.07) is 5.87. The molecule has 0 amide bonds. The van der Waals surface area contributed by atoms with Crippen LogP contribution < -0.4 is 11.1 Å². The maximum absolute atomic E-state index is 5.97. The number of nitrogens with one attached hydrogen (secondary N) is 1. The minimum atomic E-state index is 0.780. The highest BCUT2D eigenvalue weighted by Gasteiger charge is 2.03. The van der Waals surface area contributed by atoms with Crippen LogP contribution in [-0.2, 0) is 6.42 Å². The van der Waals surface area contributed by atoms with Gasteiger partial charge in [0.25, 0.3) is 0 Å². The highest BCUT2D eigenvalue weighted by atomic mass is 32.1. The van der Waals surface area contributed by atoms with E-state index in [0.29, 0.717) is 0 Å². The molecule has 0 aliphatic rings. The second-order valence-corrected chi connectivity index (χ2v) is 5.00. The number of thiazole rings is 1. The predicted molar refractivity (Wildman–Crippen MR) is 80.5 cm³/mol. The van der Waals surface area contributed by atoms with Crippen LogP contribution in [-0.4, -0.2) is 16.5 Å². The van der Waals surface area contributed by atoms with E-state index in [1.807, 2.05) is 29.9 Å². The van der Waals surface area contributed by atoms with Crippen molar-refractivity contribution in [3.63, 3.8) is 0 Å². The average Bonchev–Trinajstić information content (AvgIpc) is 2.95. The third-order valence-corrected chi connectivity index (χ3v) is 3.67. The fraction of sp³-hybridized carbons (Fsp3) is 0.143. The molecule has 4 nitrogen and oxygen atoms in total. The van der Waals surface area contributed by atoms with E-state index in [-0.39, 0.29) is 0 Å². The quantitative estimate of drug-likeness (QED) is 0.715. The van der Waals surface area contributed by atoms with Crippen molar-refractivity contribution >= 4 is 33.5 Å². The number of hydrogen-bond acceptors (Lipinski definition) is 5. The van der Waals surface area contributed by atoms with Gasteiger partial charge in [-0.15, -0.1) is 11.3 Å². The van der Waals surface area contributed by atoms with Gasteiger partial charge in [0, 0.05) is 52.9 Å². The number of hydrogen-bond donors (Lipinski definition) is 2. The fourth-order valence-corrected chi connectivity index (χ4v) is 2.65. The third-order valence-electron chi connectivity index (χ3n) is 3.03. The molecule has 0 unspecified atom stereocenters. The van der Waals surface area contributed by atoms with Crippen molar-refractivity contribution in [2.75, 3.05) is 17.6 Å². The molecule has 0 saturated carbocycles. The van der Waals surface area contributed by atoms with Crippen molar-refractivity contribution in [2.24, 2.45) is 0 Å². The Morgan fingerprint density at radius 2 is 2.16 bits per heavy atom. The molecule has 3 rings (SSSR count). The average molecular weight is 270 g/mol. The number of rotatable bonds is 4. The van der Waals surface area contributed by atoms with Crippen LogP contribution in [0.5, 0.6) is 0 Å². The van der Waals surface area contributed by atoms with Crippen molar-refractivity contribution in [1.82, 2.24) is 9.97 Å². The summed E-state index contributed by atoms with van der Waals surface area (Å²) in [5.41, 5.74) is 10.8. The fourth-order valence-electron chi connectivity index (χ4n) is 2.05. The second-order valence-electron chi connectivity index (χ2n) is 4.28.